The Morgan fingerprint density at radius 1 is 1.44 bits per heavy atom. The van der Waals surface area contributed by atoms with Crippen molar-refractivity contribution in [3.8, 4) is 0 Å². The lowest BCUT2D eigenvalue weighted by molar-refractivity contribution is 0.296. The molecule has 96 valence electrons. The highest BCUT2D eigenvalue weighted by Crippen LogP contribution is 2.11. The minimum atomic E-state index is -0.0403. The van der Waals surface area contributed by atoms with Crippen molar-refractivity contribution in [2.24, 2.45) is 0 Å². The van der Waals surface area contributed by atoms with Crippen LogP contribution in [-0.4, -0.2) is 26.9 Å². The molecule has 0 fully saturated rings. The summed E-state index contributed by atoms with van der Waals surface area (Å²) in [5, 5.41) is 8.69. The van der Waals surface area contributed by atoms with Crippen molar-refractivity contribution in [1.29, 1.82) is 0 Å². The van der Waals surface area contributed by atoms with Gasteiger partial charge in [-0.25, -0.2) is 4.98 Å². The van der Waals surface area contributed by atoms with Gasteiger partial charge in [0.1, 0.15) is 5.65 Å². The zero-order valence-corrected chi connectivity index (χ0v) is 11.1. The molecular weight excluding hydrogens is 248 g/mol. The van der Waals surface area contributed by atoms with Gasteiger partial charge < -0.3 is 5.11 Å². The summed E-state index contributed by atoms with van der Waals surface area (Å²) in [5.74, 6) is 1.59. The van der Waals surface area contributed by atoms with Gasteiger partial charge in [-0.1, -0.05) is 6.07 Å². The minimum absolute atomic E-state index is 0.0403. The van der Waals surface area contributed by atoms with Gasteiger partial charge >= 0.3 is 0 Å². The van der Waals surface area contributed by atoms with E-state index < -0.39 is 0 Å². The van der Waals surface area contributed by atoms with Crippen LogP contribution in [-0.2, 0) is 5.75 Å². The molecule has 2 aromatic rings. The highest BCUT2D eigenvalue weighted by atomic mass is 32.2. The number of hydrogen-bond acceptors (Lipinski definition) is 4. The van der Waals surface area contributed by atoms with Gasteiger partial charge in [0.15, 0.2) is 0 Å². The van der Waals surface area contributed by atoms with E-state index >= 15 is 0 Å². The summed E-state index contributed by atoms with van der Waals surface area (Å²) in [6.45, 7) is 2.16. The summed E-state index contributed by atoms with van der Waals surface area (Å²) in [7, 11) is 0. The molecule has 2 heterocycles. The Labute approximate surface area is 110 Å². The van der Waals surface area contributed by atoms with Crippen molar-refractivity contribution in [2.75, 3.05) is 12.4 Å². The molecule has 0 saturated heterocycles. The van der Waals surface area contributed by atoms with Crippen LogP contribution >= 0.6 is 11.8 Å². The fourth-order valence-corrected chi connectivity index (χ4v) is 2.51. The van der Waals surface area contributed by atoms with E-state index in [1.54, 1.807) is 28.4 Å². The van der Waals surface area contributed by atoms with Crippen LogP contribution in [0.2, 0.25) is 0 Å². The normalized spacial score (nSPS) is 11.0. The predicted molar refractivity (Wildman–Crippen MR) is 74.1 cm³/mol. The van der Waals surface area contributed by atoms with E-state index in [-0.39, 0.29) is 12.2 Å². The van der Waals surface area contributed by atoms with Crippen molar-refractivity contribution < 1.29 is 5.11 Å². The van der Waals surface area contributed by atoms with Gasteiger partial charge in [-0.2, -0.15) is 11.8 Å². The Balaban J connectivity index is 2.21. The maximum absolute atomic E-state index is 11.9. The SMILES string of the molecule is Cc1ccc2nc(CSCCCO)cc(=O)n2c1. The van der Waals surface area contributed by atoms with Gasteiger partial charge in [0.25, 0.3) is 5.56 Å². The van der Waals surface area contributed by atoms with Gasteiger partial charge in [0, 0.05) is 24.6 Å². The van der Waals surface area contributed by atoms with Crippen molar-refractivity contribution in [2.45, 2.75) is 19.1 Å². The van der Waals surface area contributed by atoms with Crippen molar-refractivity contribution in [3.05, 3.63) is 46.0 Å². The molecule has 0 aliphatic heterocycles. The molecule has 0 saturated carbocycles. The maximum atomic E-state index is 11.9. The van der Waals surface area contributed by atoms with Crippen molar-refractivity contribution in [3.63, 3.8) is 0 Å². The number of pyridine rings is 1. The summed E-state index contributed by atoms with van der Waals surface area (Å²) in [5.41, 5.74) is 2.48. The fraction of sp³-hybridized carbons (Fsp3) is 0.385. The Morgan fingerprint density at radius 2 is 2.28 bits per heavy atom. The van der Waals surface area contributed by atoms with Crippen LogP contribution in [0.15, 0.2) is 29.2 Å². The molecule has 1 N–H and O–H groups in total. The monoisotopic (exact) mass is 264 g/mol. The zero-order chi connectivity index (χ0) is 13.0. The molecule has 0 bridgehead atoms. The third kappa shape index (κ3) is 3.11. The average molecular weight is 264 g/mol. The highest BCUT2D eigenvalue weighted by Gasteiger charge is 2.02. The fourth-order valence-electron chi connectivity index (χ4n) is 1.68. The first-order valence-electron chi connectivity index (χ1n) is 5.88. The Bertz CT molecular complexity index is 595. The van der Waals surface area contributed by atoms with E-state index in [9.17, 15) is 4.79 Å². The van der Waals surface area contributed by atoms with Crippen molar-refractivity contribution in [1.82, 2.24) is 9.38 Å². The average Bonchev–Trinajstić information content (AvgIpc) is 2.36. The largest absolute Gasteiger partial charge is 0.396 e. The topological polar surface area (TPSA) is 54.6 Å². The number of hydrogen-bond donors (Lipinski definition) is 1. The summed E-state index contributed by atoms with van der Waals surface area (Å²) < 4.78 is 1.57. The minimum Gasteiger partial charge on any atom is -0.396 e. The second-order valence-electron chi connectivity index (χ2n) is 4.15. The lowest BCUT2D eigenvalue weighted by Crippen LogP contribution is -2.15. The van der Waals surface area contributed by atoms with Crippen LogP contribution in [0.1, 0.15) is 17.7 Å². The molecule has 0 aliphatic rings. The number of aliphatic hydroxyl groups is 1. The van der Waals surface area contributed by atoms with Crippen LogP contribution in [0.25, 0.3) is 5.65 Å². The van der Waals surface area contributed by atoms with Gasteiger partial charge in [-0.05, 0) is 30.7 Å². The molecule has 2 aromatic heterocycles. The first-order chi connectivity index (χ1) is 8.70. The third-order valence-electron chi connectivity index (χ3n) is 2.56. The maximum Gasteiger partial charge on any atom is 0.258 e. The first kappa shape index (κ1) is 13.1. The Kier molecular flexibility index (Phi) is 4.38. The second-order valence-corrected chi connectivity index (χ2v) is 5.26. The van der Waals surface area contributed by atoms with Gasteiger partial charge in [-0.15, -0.1) is 0 Å². The number of fused-ring (bicyclic) bond motifs is 1. The highest BCUT2D eigenvalue weighted by molar-refractivity contribution is 7.98. The molecule has 18 heavy (non-hydrogen) atoms. The van der Waals surface area contributed by atoms with Crippen LogP contribution in [0.5, 0.6) is 0 Å². The quantitative estimate of drug-likeness (QED) is 0.834. The molecular formula is C13H16N2O2S. The lowest BCUT2D eigenvalue weighted by Gasteiger charge is -2.04. The first-order valence-corrected chi connectivity index (χ1v) is 7.04. The van der Waals surface area contributed by atoms with Crippen molar-refractivity contribution >= 4 is 17.4 Å². The smallest absolute Gasteiger partial charge is 0.258 e. The summed E-state index contributed by atoms with van der Waals surface area (Å²) >= 11 is 1.68. The number of thioether (sulfide) groups is 1. The summed E-state index contributed by atoms with van der Waals surface area (Å²) in [6.07, 6.45) is 2.57. The molecule has 0 radical (unpaired) electrons. The molecule has 0 spiro atoms. The van der Waals surface area contributed by atoms with Crippen LogP contribution < -0.4 is 5.56 Å². The van der Waals surface area contributed by atoms with Crippen LogP contribution in [0, 0.1) is 6.92 Å². The summed E-state index contributed by atoms with van der Waals surface area (Å²) in [6, 6.07) is 5.39. The van der Waals surface area contributed by atoms with Gasteiger partial charge in [0.2, 0.25) is 0 Å². The second kappa shape index (κ2) is 6.02. The number of aryl methyl sites for hydroxylation is 1. The molecule has 4 nitrogen and oxygen atoms in total. The van der Waals surface area contributed by atoms with Gasteiger partial charge in [0.05, 0.1) is 5.69 Å². The van der Waals surface area contributed by atoms with Gasteiger partial charge in [-0.3, -0.25) is 9.20 Å². The standard InChI is InChI=1S/C13H16N2O2S/c1-10-3-4-12-14-11(9-18-6-2-5-16)7-13(17)15(12)8-10/h3-4,7-8,16H,2,5-6,9H2,1H3. The Morgan fingerprint density at radius 3 is 3.06 bits per heavy atom. The zero-order valence-electron chi connectivity index (χ0n) is 10.3. The number of aliphatic hydroxyl groups excluding tert-OH is 1. The lowest BCUT2D eigenvalue weighted by atomic mass is 10.3. The van der Waals surface area contributed by atoms with E-state index in [1.807, 2.05) is 19.1 Å². The number of rotatable bonds is 5. The molecule has 0 atom stereocenters. The summed E-state index contributed by atoms with van der Waals surface area (Å²) in [4.78, 5) is 16.4. The third-order valence-corrected chi connectivity index (χ3v) is 3.63. The van der Waals surface area contributed by atoms with Crippen LogP contribution in [0.3, 0.4) is 0 Å². The molecule has 0 amide bonds. The van der Waals surface area contributed by atoms with Crippen LogP contribution in [0.4, 0.5) is 0 Å². The number of nitrogens with zero attached hydrogens (tertiary/aromatic N) is 2. The molecule has 0 aromatic carbocycles. The number of aromatic nitrogens is 2. The van der Waals surface area contributed by atoms with E-state index in [4.69, 9.17) is 5.11 Å². The van der Waals surface area contributed by atoms with E-state index in [1.165, 1.54) is 0 Å². The van der Waals surface area contributed by atoms with E-state index in [0.717, 1.165) is 23.4 Å². The molecule has 0 unspecified atom stereocenters. The molecule has 5 heteroatoms. The molecule has 2 rings (SSSR count). The predicted octanol–water partition coefficient (Wildman–Crippen LogP) is 1.62. The molecule has 0 aliphatic carbocycles. The Hall–Kier alpha value is -1.33. The van der Waals surface area contributed by atoms with E-state index in [2.05, 4.69) is 4.98 Å². The van der Waals surface area contributed by atoms with E-state index in [0.29, 0.717) is 11.4 Å².